The van der Waals surface area contributed by atoms with Crippen LogP contribution in [0.3, 0.4) is 0 Å². The number of aryl methyl sites for hydroxylation is 1. The summed E-state index contributed by atoms with van der Waals surface area (Å²) >= 11 is 0. The lowest BCUT2D eigenvalue weighted by Crippen LogP contribution is -2.04. The van der Waals surface area contributed by atoms with Crippen molar-refractivity contribution in [2.24, 2.45) is 0 Å². The third kappa shape index (κ3) is 1.91. The summed E-state index contributed by atoms with van der Waals surface area (Å²) < 4.78 is 7.66. The molecule has 5 nitrogen and oxygen atoms in total. The van der Waals surface area contributed by atoms with E-state index in [9.17, 15) is 0 Å². The van der Waals surface area contributed by atoms with Gasteiger partial charge in [0.05, 0.1) is 11.0 Å². The highest BCUT2D eigenvalue weighted by Crippen LogP contribution is 2.28. The van der Waals surface area contributed by atoms with Crippen LogP contribution in [0.1, 0.15) is 19.7 Å². The van der Waals surface area contributed by atoms with Crippen molar-refractivity contribution in [1.29, 1.82) is 0 Å². The quantitative estimate of drug-likeness (QED) is 0.791. The Morgan fingerprint density at radius 3 is 2.75 bits per heavy atom. The Morgan fingerprint density at radius 1 is 1.20 bits per heavy atom. The molecule has 2 N–H and O–H groups in total. The van der Waals surface area contributed by atoms with Crippen LogP contribution < -0.4 is 5.73 Å². The summed E-state index contributed by atoms with van der Waals surface area (Å²) in [5.41, 5.74) is 8.77. The largest absolute Gasteiger partial charge is 0.382 e. The molecule has 1 aromatic carbocycles. The number of hydrogen-bond acceptors (Lipinski definition) is 4. The smallest absolute Gasteiger partial charge is 0.152 e. The standard InChI is InChI=1S/C15H18N4O/c1-3-19-12(9-20-4-2)18-13-14(19)10-7-5-6-8-11(10)17-15(13)16/h5-8H,3-4,9H2,1-2H3,(H2,16,17). The van der Waals surface area contributed by atoms with E-state index in [0.717, 1.165) is 34.3 Å². The van der Waals surface area contributed by atoms with Crippen LogP contribution in [-0.4, -0.2) is 21.1 Å². The SMILES string of the molecule is CCOCc1nc2c(N)nc3ccccc3c2n1CC. The average molecular weight is 270 g/mol. The minimum Gasteiger partial charge on any atom is -0.382 e. The van der Waals surface area contributed by atoms with Gasteiger partial charge in [-0.05, 0) is 19.9 Å². The highest BCUT2D eigenvalue weighted by molar-refractivity contribution is 6.06. The second kappa shape index (κ2) is 5.09. The number of para-hydroxylation sites is 1. The van der Waals surface area contributed by atoms with Crippen molar-refractivity contribution in [3.63, 3.8) is 0 Å². The first-order chi connectivity index (χ1) is 9.76. The van der Waals surface area contributed by atoms with Gasteiger partial charge in [-0.1, -0.05) is 18.2 Å². The number of fused-ring (bicyclic) bond motifs is 3. The van der Waals surface area contributed by atoms with Crippen LogP contribution >= 0.6 is 0 Å². The number of nitrogen functional groups attached to an aromatic ring is 1. The first-order valence-electron chi connectivity index (χ1n) is 6.87. The van der Waals surface area contributed by atoms with Crippen molar-refractivity contribution < 1.29 is 4.74 Å². The maximum atomic E-state index is 6.06. The van der Waals surface area contributed by atoms with Crippen LogP contribution in [0.4, 0.5) is 5.82 Å². The molecule has 0 spiro atoms. The zero-order chi connectivity index (χ0) is 14.1. The molecule has 2 aromatic heterocycles. The minimum absolute atomic E-state index is 0.476. The molecular formula is C15H18N4O. The number of benzene rings is 1. The molecule has 0 amide bonds. The van der Waals surface area contributed by atoms with E-state index in [1.165, 1.54) is 0 Å². The maximum absolute atomic E-state index is 6.06. The number of aromatic nitrogens is 3. The van der Waals surface area contributed by atoms with Crippen molar-refractivity contribution in [2.45, 2.75) is 27.0 Å². The number of anilines is 1. The first kappa shape index (κ1) is 12.9. The molecule has 0 aliphatic carbocycles. The Kier molecular flexibility index (Phi) is 3.28. The highest BCUT2D eigenvalue weighted by atomic mass is 16.5. The second-order valence-electron chi connectivity index (χ2n) is 4.62. The van der Waals surface area contributed by atoms with E-state index in [-0.39, 0.29) is 0 Å². The normalized spacial score (nSPS) is 11.5. The molecule has 0 fully saturated rings. The van der Waals surface area contributed by atoms with E-state index in [4.69, 9.17) is 10.5 Å². The van der Waals surface area contributed by atoms with E-state index in [1.807, 2.05) is 25.1 Å². The predicted octanol–water partition coefficient (Wildman–Crippen LogP) is 2.72. The Labute approximate surface area is 117 Å². The maximum Gasteiger partial charge on any atom is 0.152 e. The van der Waals surface area contributed by atoms with Crippen molar-refractivity contribution in [3.8, 4) is 0 Å². The van der Waals surface area contributed by atoms with Gasteiger partial charge in [0.1, 0.15) is 17.9 Å². The molecule has 2 heterocycles. The number of nitrogens with two attached hydrogens (primary N) is 1. The molecule has 0 saturated carbocycles. The van der Waals surface area contributed by atoms with Crippen molar-refractivity contribution >= 4 is 27.8 Å². The molecule has 0 saturated heterocycles. The number of hydrogen-bond donors (Lipinski definition) is 1. The van der Waals surface area contributed by atoms with Gasteiger partial charge in [-0.15, -0.1) is 0 Å². The fourth-order valence-electron chi connectivity index (χ4n) is 2.55. The van der Waals surface area contributed by atoms with Gasteiger partial charge in [-0.3, -0.25) is 0 Å². The molecule has 5 heteroatoms. The summed E-state index contributed by atoms with van der Waals surface area (Å²) in [5, 5.41) is 1.08. The second-order valence-corrected chi connectivity index (χ2v) is 4.62. The van der Waals surface area contributed by atoms with Crippen LogP contribution in [0.2, 0.25) is 0 Å². The molecule has 104 valence electrons. The van der Waals surface area contributed by atoms with Crippen LogP contribution in [0.25, 0.3) is 21.9 Å². The minimum atomic E-state index is 0.476. The summed E-state index contributed by atoms with van der Waals surface area (Å²) in [6.07, 6.45) is 0. The van der Waals surface area contributed by atoms with E-state index in [2.05, 4.69) is 27.5 Å². The van der Waals surface area contributed by atoms with Crippen LogP contribution in [-0.2, 0) is 17.9 Å². The third-order valence-electron chi connectivity index (χ3n) is 3.44. The number of nitrogens with zero attached hydrogens (tertiary/aromatic N) is 3. The van der Waals surface area contributed by atoms with E-state index in [1.54, 1.807) is 0 Å². The van der Waals surface area contributed by atoms with E-state index >= 15 is 0 Å². The van der Waals surface area contributed by atoms with Gasteiger partial charge in [-0.25, -0.2) is 9.97 Å². The zero-order valence-corrected chi connectivity index (χ0v) is 11.8. The Balaban J connectivity index is 2.35. The van der Waals surface area contributed by atoms with Crippen molar-refractivity contribution in [2.75, 3.05) is 12.3 Å². The van der Waals surface area contributed by atoms with Gasteiger partial charge < -0.3 is 15.0 Å². The van der Waals surface area contributed by atoms with Gasteiger partial charge in [-0.2, -0.15) is 0 Å². The summed E-state index contributed by atoms with van der Waals surface area (Å²) in [4.78, 5) is 9.06. The molecular weight excluding hydrogens is 252 g/mol. The number of pyridine rings is 1. The molecule has 20 heavy (non-hydrogen) atoms. The lowest BCUT2D eigenvalue weighted by Gasteiger charge is -2.08. The number of imidazole rings is 1. The van der Waals surface area contributed by atoms with E-state index < -0.39 is 0 Å². The van der Waals surface area contributed by atoms with Crippen LogP contribution in [0, 0.1) is 0 Å². The predicted molar refractivity (Wildman–Crippen MR) is 80.5 cm³/mol. The molecule has 3 aromatic rings. The highest BCUT2D eigenvalue weighted by Gasteiger charge is 2.15. The van der Waals surface area contributed by atoms with Gasteiger partial charge in [0, 0.05) is 18.5 Å². The lowest BCUT2D eigenvalue weighted by atomic mass is 10.2. The molecule has 0 aliphatic rings. The third-order valence-corrected chi connectivity index (χ3v) is 3.44. The van der Waals surface area contributed by atoms with Gasteiger partial charge in [0.15, 0.2) is 5.82 Å². The monoisotopic (exact) mass is 270 g/mol. The summed E-state index contributed by atoms with van der Waals surface area (Å²) in [5.74, 6) is 1.37. The van der Waals surface area contributed by atoms with Gasteiger partial charge in [0.25, 0.3) is 0 Å². The fraction of sp³-hybridized carbons (Fsp3) is 0.333. The van der Waals surface area contributed by atoms with Crippen molar-refractivity contribution in [3.05, 3.63) is 30.1 Å². The van der Waals surface area contributed by atoms with Crippen molar-refractivity contribution in [1.82, 2.24) is 14.5 Å². The number of rotatable bonds is 4. The Hall–Kier alpha value is -2.14. The zero-order valence-electron chi connectivity index (χ0n) is 11.8. The molecule has 0 unspecified atom stereocenters. The topological polar surface area (TPSA) is 66.0 Å². The average Bonchev–Trinajstić information content (AvgIpc) is 2.84. The van der Waals surface area contributed by atoms with Gasteiger partial charge in [0.2, 0.25) is 0 Å². The number of ether oxygens (including phenoxy) is 1. The fourth-order valence-corrected chi connectivity index (χ4v) is 2.55. The Bertz CT molecular complexity index is 763. The van der Waals surface area contributed by atoms with Gasteiger partial charge >= 0.3 is 0 Å². The van der Waals surface area contributed by atoms with E-state index in [0.29, 0.717) is 19.0 Å². The Morgan fingerprint density at radius 2 is 2.00 bits per heavy atom. The van der Waals surface area contributed by atoms with Crippen LogP contribution in [0.5, 0.6) is 0 Å². The lowest BCUT2D eigenvalue weighted by molar-refractivity contribution is 0.126. The molecule has 0 atom stereocenters. The molecule has 3 rings (SSSR count). The molecule has 0 radical (unpaired) electrons. The molecule has 0 aliphatic heterocycles. The van der Waals surface area contributed by atoms with Crippen LogP contribution in [0.15, 0.2) is 24.3 Å². The summed E-state index contributed by atoms with van der Waals surface area (Å²) in [7, 11) is 0. The summed E-state index contributed by atoms with van der Waals surface area (Å²) in [6.45, 7) is 6.06. The first-order valence-corrected chi connectivity index (χ1v) is 6.87. The molecule has 0 bridgehead atoms. The summed E-state index contributed by atoms with van der Waals surface area (Å²) in [6, 6.07) is 8.01.